The Bertz CT molecular complexity index is 223. The summed E-state index contributed by atoms with van der Waals surface area (Å²) in [5.74, 6) is 1.15. The molecule has 0 aromatic heterocycles. The van der Waals surface area contributed by atoms with Gasteiger partial charge in [-0.25, -0.2) is 4.79 Å². The van der Waals surface area contributed by atoms with Gasteiger partial charge in [0.15, 0.2) is 0 Å². The molecule has 15 heavy (non-hydrogen) atoms. The average Bonchev–Trinajstić information content (AvgIpc) is 2.44. The molecular weight excluding hydrogens is 192 g/mol. The quantitative estimate of drug-likeness (QED) is 0.730. The van der Waals surface area contributed by atoms with Gasteiger partial charge in [0.25, 0.3) is 0 Å². The Hall–Kier alpha value is -0.770. The highest BCUT2D eigenvalue weighted by molar-refractivity contribution is 5.67. The number of ether oxygens (including phenoxy) is 1. The summed E-state index contributed by atoms with van der Waals surface area (Å²) >= 11 is 0. The summed E-state index contributed by atoms with van der Waals surface area (Å²) in [4.78, 5) is 11.4. The van der Waals surface area contributed by atoms with E-state index in [2.05, 4.69) is 17.6 Å². The first-order chi connectivity index (χ1) is 6.88. The zero-order valence-electron chi connectivity index (χ0n) is 10.1. The van der Waals surface area contributed by atoms with E-state index in [0.29, 0.717) is 18.4 Å². The minimum Gasteiger partial charge on any atom is -0.444 e. The maximum absolute atomic E-state index is 11.4. The van der Waals surface area contributed by atoms with Crippen molar-refractivity contribution < 1.29 is 9.53 Å². The molecule has 0 aliphatic carbocycles. The van der Waals surface area contributed by atoms with Crippen molar-refractivity contribution in [2.75, 3.05) is 19.6 Å². The van der Waals surface area contributed by atoms with Gasteiger partial charge in [0, 0.05) is 6.54 Å². The van der Waals surface area contributed by atoms with Crippen LogP contribution in [0.3, 0.4) is 0 Å². The zero-order valence-corrected chi connectivity index (χ0v) is 10.1. The Morgan fingerprint density at radius 1 is 1.47 bits per heavy atom. The van der Waals surface area contributed by atoms with Gasteiger partial charge < -0.3 is 15.4 Å². The Morgan fingerprint density at radius 3 is 2.60 bits per heavy atom. The number of carbonyl (C=O) groups is 1. The molecule has 2 atom stereocenters. The van der Waals surface area contributed by atoms with Crippen molar-refractivity contribution in [1.29, 1.82) is 0 Å². The van der Waals surface area contributed by atoms with Crippen molar-refractivity contribution in [2.45, 2.75) is 33.3 Å². The molecule has 2 N–H and O–H groups in total. The molecule has 0 aromatic rings. The smallest absolute Gasteiger partial charge is 0.407 e. The molecule has 0 aromatic carbocycles. The minimum atomic E-state index is -0.413. The molecule has 1 amide bonds. The van der Waals surface area contributed by atoms with E-state index in [1.807, 2.05) is 20.8 Å². The third-order valence-corrected chi connectivity index (χ3v) is 2.59. The third kappa shape index (κ3) is 4.51. The standard InChI is InChI=1S/C11H22N2O2/c1-8-5-12-6-9(8)7-13-10(14)15-11(2,3)4/h8-9,12H,5-7H2,1-4H3,(H,13,14)/t8-,9+/m1/s1. The molecule has 4 nitrogen and oxygen atoms in total. The fraction of sp³-hybridized carbons (Fsp3) is 0.909. The second-order valence-corrected chi connectivity index (χ2v) is 5.28. The van der Waals surface area contributed by atoms with Crippen molar-refractivity contribution in [3.05, 3.63) is 0 Å². The second kappa shape index (κ2) is 4.84. The van der Waals surface area contributed by atoms with Gasteiger partial charge in [0.05, 0.1) is 0 Å². The van der Waals surface area contributed by atoms with Crippen LogP contribution in [0.25, 0.3) is 0 Å². The van der Waals surface area contributed by atoms with Gasteiger partial charge in [-0.2, -0.15) is 0 Å². The summed E-state index contributed by atoms with van der Waals surface area (Å²) < 4.78 is 5.16. The van der Waals surface area contributed by atoms with Crippen LogP contribution in [0.5, 0.6) is 0 Å². The predicted molar refractivity (Wildman–Crippen MR) is 59.8 cm³/mol. The number of carbonyl (C=O) groups excluding carboxylic acids is 1. The SMILES string of the molecule is C[C@@H]1CNC[C@H]1CNC(=O)OC(C)(C)C. The molecule has 0 spiro atoms. The number of alkyl carbamates (subject to hydrolysis) is 1. The summed E-state index contributed by atoms with van der Waals surface area (Å²) in [6.07, 6.45) is -0.318. The Labute approximate surface area is 91.8 Å². The fourth-order valence-corrected chi connectivity index (χ4v) is 1.67. The van der Waals surface area contributed by atoms with Crippen LogP contribution in [0.4, 0.5) is 4.79 Å². The van der Waals surface area contributed by atoms with Gasteiger partial charge in [-0.05, 0) is 45.7 Å². The van der Waals surface area contributed by atoms with Crippen LogP contribution in [0.15, 0.2) is 0 Å². The normalized spacial score (nSPS) is 26.4. The second-order valence-electron chi connectivity index (χ2n) is 5.28. The topological polar surface area (TPSA) is 50.4 Å². The van der Waals surface area contributed by atoms with E-state index in [1.54, 1.807) is 0 Å². The van der Waals surface area contributed by atoms with Crippen LogP contribution in [0, 0.1) is 11.8 Å². The lowest BCUT2D eigenvalue weighted by molar-refractivity contribution is 0.0518. The molecule has 1 heterocycles. The summed E-state index contributed by atoms with van der Waals surface area (Å²) in [6, 6.07) is 0. The lowest BCUT2D eigenvalue weighted by atomic mass is 9.98. The number of hydrogen-bond acceptors (Lipinski definition) is 3. The van der Waals surface area contributed by atoms with Gasteiger partial charge in [-0.15, -0.1) is 0 Å². The van der Waals surface area contributed by atoms with Gasteiger partial charge in [0.2, 0.25) is 0 Å². The van der Waals surface area contributed by atoms with Crippen molar-refractivity contribution in [2.24, 2.45) is 11.8 Å². The number of hydrogen-bond donors (Lipinski definition) is 2. The first-order valence-corrected chi connectivity index (χ1v) is 5.56. The lowest BCUT2D eigenvalue weighted by Gasteiger charge is -2.21. The molecule has 0 radical (unpaired) electrons. The highest BCUT2D eigenvalue weighted by Crippen LogP contribution is 2.14. The van der Waals surface area contributed by atoms with Crippen molar-refractivity contribution in [3.8, 4) is 0 Å². The molecule has 0 unspecified atom stereocenters. The van der Waals surface area contributed by atoms with Crippen molar-refractivity contribution in [3.63, 3.8) is 0 Å². The molecule has 1 aliphatic rings. The lowest BCUT2D eigenvalue weighted by Crippen LogP contribution is -2.36. The van der Waals surface area contributed by atoms with E-state index in [4.69, 9.17) is 4.74 Å². The molecule has 0 bridgehead atoms. The van der Waals surface area contributed by atoms with E-state index in [-0.39, 0.29) is 6.09 Å². The van der Waals surface area contributed by atoms with Crippen LogP contribution in [-0.2, 0) is 4.74 Å². The highest BCUT2D eigenvalue weighted by atomic mass is 16.6. The van der Waals surface area contributed by atoms with Gasteiger partial charge >= 0.3 is 6.09 Å². The molecule has 1 saturated heterocycles. The number of amides is 1. The van der Waals surface area contributed by atoms with E-state index in [1.165, 1.54) is 0 Å². The summed E-state index contributed by atoms with van der Waals surface area (Å²) in [7, 11) is 0. The third-order valence-electron chi connectivity index (χ3n) is 2.59. The van der Waals surface area contributed by atoms with Crippen LogP contribution in [0.1, 0.15) is 27.7 Å². The molecule has 4 heteroatoms. The van der Waals surface area contributed by atoms with Crippen LogP contribution >= 0.6 is 0 Å². The highest BCUT2D eigenvalue weighted by Gasteiger charge is 2.24. The summed E-state index contributed by atoms with van der Waals surface area (Å²) in [6.45, 7) is 10.5. The van der Waals surface area contributed by atoms with Gasteiger partial charge in [-0.1, -0.05) is 6.92 Å². The molecule has 1 fully saturated rings. The first kappa shape index (κ1) is 12.3. The molecule has 1 rings (SSSR count). The van der Waals surface area contributed by atoms with Crippen LogP contribution in [-0.4, -0.2) is 31.3 Å². The van der Waals surface area contributed by atoms with E-state index < -0.39 is 5.60 Å². The average molecular weight is 214 g/mol. The van der Waals surface area contributed by atoms with Crippen LogP contribution in [0.2, 0.25) is 0 Å². The Balaban J connectivity index is 2.22. The van der Waals surface area contributed by atoms with Crippen molar-refractivity contribution in [1.82, 2.24) is 10.6 Å². The monoisotopic (exact) mass is 214 g/mol. The molecular formula is C11H22N2O2. The number of rotatable bonds is 2. The summed E-state index contributed by atoms with van der Waals surface area (Å²) in [5.41, 5.74) is -0.413. The molecule has 0 saturated carbocycles. The Morgan fingerprint density at radius 2 is 2.13 bits per heavy atom. The van der Waals surface area contributed by atoms with Gasteiger partial charge in [-0.3, -0.25) is 0 Å². The zero-order chi connectivity index (χ0) is 11.5. The first-order valence-electron chi connectivity index (χ1n) is 5.56. The summed E-state index contributed by atoms with van der Waals surface area (Å²) in [5, 5.41) is 6.11. The molecule has 88 valence electrons. The van der Waals surface area contributed by atoms with E-state index in [0.717, 1.165) is 13.1 Å². The Kier molecular flexibility index (Phi) is 3.97. The minimum absolute atomic E-state index is 0.318. The van der Waals surface area contributed by atoms with E-state index >= 15 is 0 Å². The largest absolute Gasteiger partial charge is 0.444 e. The predicted octanol–water partition coefficient (Wildman–Crippen LogP) is 1.37. The maximum Gasteiger partial charge on any atom is 0.407 e. The van der Waals surface area contributed by atoms with Gasteiger partial charge in [0.1, 0.15) is 5.60 Å². The number of nitrogens with one attached hydrogen (secondary N) is 2. The maximum atomic E-state index is 11.4. The molecule has 1 aliphatic heterocycles. The van der Waals surface area contributed by atoms with E-state index in [9.17, 15) is 4.79 Å². The fourth-order valence-electron chi connectivity index (χ4n) is 1.67. The van der Waals surface area contributed by atoms with Crippen LogP contribution < -0.4 is 10.6 Å². The van der Waals surface area contributed by atoms with Crippen molar-refractivity contribution >= 4 is 6.09 Å².